The molecule has 206 valence electrons. The van der Waals surface area contributed by atoms with Gasteiger partial charge in [0.1, 0.15) is 0 Å². The summed E-state index contributed by atoms with van der Waals surface area (Å²) in [6.45, 7) is 23.2. The van der Waals surface area contributed by atoms with Crippen molar-refractivity contribution in [1.82, 2.24) is 9.80 Å². The molecule has 0 aromatic rings. The Morgan fingerprint density at radius 2 is 1.46 bits per heavy atom. The average molecular weight is 533 g/mol. The van der Waals surface area contributed by atoms with E-state index in [0.29, 0.717) is 13.0 Å². The Morgan fingerprint density at radius 1 is 0.971 bits per heavy atom. The highest BCUT2D eigenvalue weighted by molar-refractivity contribution is 6.74. The molecule has 2 aliphatic rings. The van der Waals surface area contributed by atoms with Crippen molar-refractivity contribution in [2.24, 2.45) is 0 Å². The van der Waals surface area contributed by atoms with Crippen LogP contribution in [0.15, 0.2) is 0 Å². The third-order valence-electron chi connectivity index (χ3n) is 8.97. The van der Waals surface area contributed by atoms with Crippen molar-refractivity contribution >= 4 is 22.6 Å². The second-order valence-corrected chi connectivity index (χ2v) is 23.3. The highest BCUT2D eigenvalue weighted by Crippen LogP contribution is 2.41. The minimum absolute atomic E-state index is 0.0349. The van der Waals surface area contributed by atoms with Crippen LogP contribution in [-0.2, 0) is 18.4 Å². The van der Waals surface area contributed by atoms with Gasteiger partial charge in [0, 0.05) is 25.6 Å². The number of aliphatic carboxylic acids is 1. The summed E-state index contributed by atoms with van der Waals surface area (Å²) >= 11 is 0. The van der Waals surface area contributed by atoms with Crippen molar-refractivity contribution in [3.8, 4) is 0 Å². The van der Waals surface area contributed by atoms with Crippen molar-refractivity contribution in [3.63, 3.8) is 0 Å². The molecule has 0 radical (unpaired) electrons. The molecule has 0 bridgehead atoms. The van der Waals surface area contributed by atoms with Gasteiger partial charge >= 0.3 is 5.97 Å². The summed E-state index contributed by atoms with van der Waals surface area (Å²) in [5, 5.41) is 21.4. The highest BCUT2D eigenvalue weighted by Gasteiger charge is 2.54. The Bertz CT molecular complexity index is 751. The molecular formula is C25H52N2O6Si2. The van der Waals surface area contributed by atoms with Gasteiger partial charge in [0.2, 0.25) is 5.72 Å². The molecule has 0 spiro atoms. The molecular weight excluding hydrogens is 480 g/mol. The van der Waals surface area contributed by atoms with Crippen molar-refractivity contribution < 1.29 is 28.6 Å². The lowest BCUT2D eigenvalue weighted by atomic mass is 10.1. The Hall–Kier alpha value is -0.336. The molecule has 0 aliphatic carbocycles. The number of likely N-dealkylation sites (N-methyl/N-ethyl adjacent to an activating group) is 2. The number of carbonyl (C=O) groups is 1. The molecule has 0 aromatic heterocycles. The molecule has 2 fully saturated rings. The fourth-order valence-electron chi connectivity index (χ4n) is 4.58. The van der Waals surface area contributed by atoms with Crippen LogP contribution in [0.5, 0.6) is 0 Å². The molecule has 2 saturated heterocycles. The van der Waals surface area contributed by atoms with E-state index in [4.69, 9.17) is 13.6 Å². The first-order valence-corrected chi connectivity index (χ1v) is 18.8. The van der Waals surface area contributed by atoms with Gasteiger partial charge in [-0.1, -0.05) is 41.5 Å². The highest BCUT2D eigenvalue weighted by atomic mass is 28.4. The Kier molecular flexibility index (Phi) is 9.21. The third kappa shape index (κ3) is 6.76. The van der Waals surface area contributed by atoms with Gasteiger partial charge < -0.3 is 23.8 Å². The SMILES string of the molecule is CN1C[C@H](O[Si](C)(C)C(C)(C)C)C[C@H]1C(O)CO[C@]1(C(=O)O)C[C@@H](O[Si](C)(C)C(C)(C)C)CN1C. The first-order valence-electron chi connectivity index (χ1n) is 13.0. The second kappa shape index (κ2) is 10.4. The topological polar surface area (TPSA) is 91.7 Å². The van der Waals surface area contributed by atoms with Crippen molar-refractivity contribution in [1.29, 1.82) is 0 Å². The van der Waals surface area contributed by atoms with Crippen LogP contribution in [0.1, 0.15) is 54.4 Å². The van der Waals surface area contributed by atoms with E-state index in [1.807, 2.05) is 7.05 Å². The van der Waals surface area contributed by atoms with Gasteiger partial charge in [-0.15, -0.1) is 0 Å². The van der Waals surface area contributed by atoms with Gasteiger partial charge in [0.15, 0.2) is 16.6 Å². The fraction of sp³-hybridized carbons (Fsp3) is 0.960. The number of ether oxygens (including phenoxy) is 1. The summed E-state index contributed by atoms with van der Waals surface area (Å²) < 4.78 is 19.2. The maximum absolute atomic E-state index is 12.4. The van der Waals surface area contributed by atoms with E-state index >= 15 is 0 Å². The summed E-state index contributed by atoms with van der Waals surface area (Å²) in [6, 6.07) is -0.137. The number of aliphatic hydroxyl groups is 1. The number of hydrogen-bond donors (Lipinski definition) is 2. The number of nitrogens with zero attached hydrogens (tertiary/aromatic N) is 2. The van der Waals surface area contributed by atoms with E-state index in [1.165, 1.54) is 0 Å². The van der Waals surface area contributed by atoms with Crippen molar-refractivity contribution in [3.05, 3.63) is 0 Å². The predicted octanol–water partition coefficient (Wildman–Crippen LogP) is 3.97. The van der Waals surface area contributed by atoms with Crippen LogP contribution >= 0.6 is 0 Å². The average Bonchev–Trinajstić information content (AvgIpc) is 3.16. The van der Waals surface area contributed by atoms with Gasteiger partial charge in [0.05, 0.1) is 24.9 Å². The molecule has 8 nitrogen and oxygen atoms in total. The number of carboxylic acid groups (broad SMARTS) is 1. The van der Waals surface area contributed by atoms with Crippen molar-refractivity contribution in [2.45, 2.75) is 121 Å². The monoisotopic (exact) mass is 532 g/mol. The van der Waals surface area contributed by atoms with Gasteiger partial charge in [-0.2, -0.15) is 0 Å². The number of likely N-dealkylation sites (tertiary alicyclic amines) is 2. The molecule has 0 amide bonds. The smallest absolute Gasteiger partial charge is 0.351 e. The van der Waals surface area contributed by atoms with Crippen LogP contribution in [0.3, 0.4) is 0 Å². The van der Waals surface area contributed by atoms with Gasteiger partial charge in [-0.3, -0.25) is 9.80 Å². The maximum atomic E-state index is 12.4. The lowest BCUT2D eigenvalue weighted by molar-refractivity contribution is -0.194. The maximum Gasteiger partial charge on any atom is 0.351 e. The van der Waals surface area contributed by atoms with E-state index in [0.717, 1.165) is 6.54 Å². The van der Waals surface area contributed by atoms with E-state index in [9.17, 15) is 15.0 Å². The summed E-state index contributed by atoms with van der Waals surface area (Å²) in [5.74, 6) is -1.03. The van der Waals surface area contributed by atoms with Crippen LogP contribution in [0.4, 0.5) is 0 Å². The van der Waals surface area contributed by atoms with Crippen molar-refractivity contribution in [2.75, 3.05) is 33.8 Å². The molecule has 1 unspecified atom stereocenters. The minimum Gasteiger partial charge on any atom is -0.478 e. The number of rotatable bonds is 9. The lowest BCUT2D eigenvalue weighted by Crippen LogP contribution is -2.53. The zero-order valence-corrected chi connectivity index (χ0v) is 26.3. The zero-order valence-electron chi connectivity index (χ0n) is 24.3. The molecule has 2 aliphatic heterocycles. The minimum atomic E-state index is -2.05. The zero-order chi connectivity index (χ0) is 27.2. The van der Waals surface area contributed by atoms with E-state index in [2.05, 4.69) is 72.6 Å². The molecule has 35 heavy (non-hydrogen) atoms. The lowest BCUT2D eigenvalue weighted by Gasteiger charge is -2.38. The van der Waals surface area contributed by atoms with E-state index in [-0.39, 0.29) is 41.4 Å². The van der Waals surface area contributed by atoms with E-state index < -0.39 is 34.4 Å². The Labute approximate surface area is 215 Å². The number of carboxylic acids is 1. The second-order valence-electron chi connectivity index (χ2n) is 13.8. The Balaban J connectivity index is 2.04. The van der Waals surface area contributed by atoms with Crippen LogP contribution < -0.4 is 0 Å². The molecule has 10 heteroatoms. The van der Waals surface area contributed by atoms with Crippen LogP contribution in [0, 0.1) is 0 Å². The normalized spacial score (nSPS) is 30.7. The number of aliphatic hydroxyl groups excluding tert-OH is 1. The number of hydrogen-bond acceptors (Lipinski definition) is 7. The fourth-order valence-corrected chi connectivity index (χ4v) is 7.28. The molecule has 0 aromatic carbocycles. The summed E-state index contributed by atoms with van der Waals surface area (Å²) in [4.78, 5) is 16.3. The Morgan fingerprint density at radius 3 is 1.91 bits per heavy atom. The largest absolute Gasteiger partial charge is 0.478 e. The standard InChI is InChI=1S/C25H52N2O6Si2/c1-23(2,3)34(9,10)32-18-13-20(26(7)15-18)21(28)17-31-25(22(29)30)14-19(16-27(25)8)33-35(11,12)24(4,5)6/h18-21,28H,13-17H2,1-12H3,(H,29,30)/t18-,19-,20+,21?,25+/m1/s1. The molecule has 2 heterocycles. The first-order chi connectivity index (χ1) is 15.6. The third-order valence-corrected chi connectivity index (χ3v) is 18.0. The first kappa shape index (κ1) is 30.9. The molecule has 0 saturated carbocycles. The van der Waals surface area contributed by atoms with Gasteiger partial charge in [-0.25, -0.2) is 4.79 Å². The summed E-state index contributed by atoms with van der Waals surface area (Å²) in [5.41, 5.74) is -1.50. The van der Waals surface area contributed by atoms with Crippen LogP contribution in [0.25, 0.3) is 0 Å². The van der Waals surface area contributed by atoms with Crippen LogP contribution in [0.2, 0.25) is 36.3 Å². The van der Waals surface area contributed by atoms with Gasteiger partial charge in [0.25, 0.3) is 0 Å². The van der Waals surface area contributed by atoms with E-state index in [1.54, 1.807) is 11.9 Å². The molecule has 2 rings (SSSR count). The van der Waals surface area contributed by atoms with Crippen LogP contribution in [-0.4, -0.2) is 106 Å². The predicted molar refractivity (Wildman–Crippen MR) is 145 cm³/mol. The summed E-state index contributed by atoms with van der Waals surface area (Å²) in [6.07, 6.45) is -0.00915. The molecule has 5 atom stereocenters. The quantitative estimate of drug-likeness (QED) is 0.431. The van der Waals surface area contributed by atoms with Gasteiger partial charge in [-0.05, 0) is 56.8 Å². The molecule has 2 N–H and O–H groups in total. The summed E-state index contributed by atoms with van der Waals surface area (Å²) in [7, 11) is -0.219.